The van der Waals surface area contributed by atoms with E-state index in [-0.39, 0.29) is 5.12 Å². The van der Waals surface area contributed by atoms with Gasteiger partial charge in [-0.1, -0.05) is 44.2 Å². The molecule has 0 aliphatic rings. The van der Waals surface area contributed by atoms with Gasteiger partial charge in [0.1, 0.15) is 0 Å². The molecule has 1 aromatic rings. The molecule has 1 rings (SSSR count). The fraction of sp³-hybridized carbons (Fsp3) is 0.417. The lowest BCUT2D eigenvalue weighted by molar-refractivity contribution is -0.108. The highest BCUT2D eigenvalue weighted by Gasteiger charge is 1.94. The molecule has 0 N–H and O–H groups in total. The molecule has 0 aliphatic carbocycles. The van der Waals surface area contributed by atoms with Gasteiger partial charge in [0.15, 0.2) is 5.12 Å². The first-order valence-electron chi connectivity index (χ1n) is 4.75. The lowest BCUT2D eigenvalue weighted by Crippen LogP contribution is -1.92. The van der Waals surface area contributed by atoms with Crippen LogP contribution in [0.1, 0.15) is 26.3 Å². The predicted octanol–water partition coefficient (Wildman–Crippen LogP) is 3.35. The Hall–Kier alpha value is -0.760. The fourth-order valence-corrected chi connectivity index (χ4v) is 1.09. The van der Waals surface area contributed by atoms with Crippen molar-refractivity contribution in [1.29, 1.82) is 0 Å². The molecule has 0 atom stereocenters. The first kappa shape index (κ1) is 13.2. The summed E-state index contributed by atoms with van der Waals surface area (Å²) in [5, 5.41) is -0.139. The third-order valence-electron chi connectivity index (χ3n) is 1.49. The molecule has 0 saturated heterocycles. The maximum Gasteiger partial charge on any atom is 0.182 e. The molecule has 0 fully saturated rings. The predicted molar refractivity (Wildman–Crippen MR) is 64.7 cm³/mol. The van der Waals surface area contributed by atoms with Crippen molar-refractivity contribution in [2.75, 3.05) is 0 Å². The Labute approximate surface area is 91.9 Å². The smallest absolute Gasteiger partial charge is 0.182 e. The van der Waals surface area contributed by atoms with E-state index < -0.39 is 0 Å². The normalized spacial score (nSPS) is 9.21. The molecule has 0 radical (unpaired) electrons. The lowest BCUT2D eigenvalue weighted by atomic mass is 10.0. The number of carbonyl (C=O) groups excluding carboxylic acids is 1. The molecule has 0 aliphatic heterocycles. The van der Waals surface area contributed by atoms with Gasteiger partial charge in [-0.3, -0.25) is 4.79 Å². The largest absolute Gasteiger partial charge is 0.288 e. The Bertz CT molecular complexity index is 250. The van der Waals surface area contributed by atoms with Gasteiger partial charge in [0.05, 0.1) is 0 Å². The van der Waals surface area contributed by atoms with Gasteiger partial charge in [-0.25, -0.2) is 0 Å². The van der Waals surface area contributed by atoms with Crippen LogP contribution in [-0.2, 0) is 11.2 Å². The highest BCUT2D eigenvalue weighted by Crippen LogP contribution is 2.05. The van der Waals surface area contributed by atoms with Gasteiger partial charge >= 0.3 is 0 Å². The van der Waals surface area contributed by atoms with Crippen LogP contribution >= 0.6 is 12.6 Å². The number of benzene rings is 1. The highest BCUT2D eigenvalue weighted by molar-refractivity contribution is 7.96. The number of carbonyl (C=O) groups is 1. The van der Waals surface area contributed by atoms with Crippen molar-refractivity contribution in [3.63, 3.8) is 0 Å². The molecule has 0 amide bonds. The molecule has 1 aromatic carbocycles. The quantitative estimate of drug-likeness (QED) is 0.741. The summed E-state index contributed by atoms with van der Waals surface area (Å²) >= 11 is 3.33. The van der Waals surface area contributed by atoms with E-state index in [9.17, 15) is 4.79 Å². The number of hydrogen-bond acceptors (Lipinski definition) is 1. The van der Waals surface area contributed by atoms with E-state index in [1.165, 1.54) is 18.9 Å². The van der Waals surface area contributed by atoms with Crippen molar-refractivity contribution in [3.05, 3.63) is 35.9 Å². The van der Waals surface area contributed by atoms with Crippen molar-refractivity contribution in [2.45, 2.75) is 27.2 Å². The Morgan fingerprint density at radius 1 is 1.29 bits per heavy atom. The second-order valence-corrected chi connectivity index (χ2v) is 4.23. The summed E-state index contributed by atoms with van der Waals surface area (Å²) in [7, 11) is 0. The molecular weight excluding hydrogens is 192 g/mol. The molecule has 0 bridgehead atoms. The minimum Gasteiger partial charge on any atom is -0.288 e. The summed E-state index contributed by atoms with van der Waals surface area (Å²) in [6.07, 6.45) is 1.20. The van der Waals surface area contributed by atoms with Crippen LogP contribution in [0.15, 0.2) is 30.3 Å². The Morgan fingerprint density at radius 2 is 1.71 bits per heavy atom. The highest BCUT2D eigenvalue weighted by atomic mass is 32.1. The summed E-state index contributed by atoms with van der Waals surface area (Å²) in [6.45, 7) is 5.88. The third-order valence-corrected chi connectivity index (χ3v) is 1.49. The minimum absolute atomic E-state index is 0.139. The van der Waals surface area contributed by atoms with E-state index in [0.717, 1.165) is 5.92 Å². The van der Waals surface area contributed by atoms with Crippen LogP contribution in [0.4, 0.5) is 0 Å². The van der Waals surface area contributed by atoms with E-state index in [1.807, 2.05) is 0 Å². The maximum absolute atomic E-state index is 9.31. The number of rotatable bonds is 2. The van der Waals surface area contributed by atoms with E-state index in [1.54, 1.807) is 0 Å². The SMILES string of the molecule is CC(=O)S.CC(C)Cc1ccccc1. The van der Waals surface area contributed by atoms with E-state index >= 15 is 0 Å². The summed E-state index contributed by atoms with van der Waals surface area (Å²) in [5.41, 5.74) is 1.44. The molecule has 1 nitrogen and oxygen atoms in total. The molecule has 2 heteroatoms. The van der Waals surface area contributed by atoms with Gasteiger partial charge in [0, 0.05) is 6.92 Å². The van der Waals surface area contributed by atoms with E-state index in [0.29, 0.717) is 0 Å². The van der Waals surface area contributed by atoms with Crippen LogP contribution in [0, 0.1) is 5.92 Å². The van der Waals surface area contributed by atoms with Crippen molar-refractivity contribution < 1.29 is 4.79 Å². The van der Waals surface area contributed by atoms with Crippen molar-refractivity contribution in [3.8, 4) is 0 Å². The monoisotopic (exact) mass is 210 g/mol. The standard InChI is InChI=1S/C10H14.C2H4OS/c1-9(2)8-10-6-4-3-5-7-10;1-2(3)4/h3-7,9H,8H2,1-2H3;1H3,(H,3,4). The second-order valence-electron chi connectivity index (χ2n) is 3.60. The molecule has 0 spiro atoms. The van der Waals surface area contributed by atoms with Gasteiger partial charge in [-0.15, -0.1) is 12.6 Å². The van der Waals surface area contributed by atoms with Crippen LogP contribution in [0.25, 0.3) is 0 Å². The maximum atomic E-state index is 9.31. The van der Waals surface area contributed by atoms with Crippen LogP contribution in [0.2, 0.25) is 0 Å². The average Bonchev–Trinajstić information content (AvgIpc) is 2.03. The van der Waals surface area contributed by atoms with E-state index in [2.05, 4.69) is 56.8 Å². The third kappa shape index (κ3) is 9.33. The summed E-state index contributed by atoms with van der Waals surface area (Å²) in [4.78, 5) is 9.31. The van der Waals surface area contributed by atoms with Crippen LogP contribution < -0.4 is 0 Å². The number of hydrogen-bond donors (Lipinski definition) is 1. The lowest BCUT2D eigenvalue weighted by Gasteiger charge is -2.02. The van der Waals surface area contributed by atoms with Crippen LogP contribution in [-0.4, -0.2) is 5.12 Å². The van der Waals surface area contributed by atoms with E-state index in [4.69, 9.17) is 0 Å². The summed E-state index contributed by atoms with van der Waals surface area (Å²) in [5.74, 6) is 0.766. The van der Waals surface area contributed by atoms with Gasteiger partial charge < -0.3 is 0 Å². The molecule has 0 saturated carbocycles. The topological polar surface area (TPSA) is 17.1 Å². The Kier molecular flexibility index (Phi) is 7.21. The first-order chi connectivity index (χ1) is 6.52. The molecule has 14 heavy (non-hydrogen) atoms. The van der Waals surface area contributed by atoms with Crippen LogP contribution in [0.5, 0.6) is 0 Å². The first-order valence-corrected chi connectivity index (χ1v) is 5.20. The Morgan fingerprint density at radius 3 is 2.07 bits per heavy atom. The van der Waals surface area contributed by atoms with Crippen LogP contribution in [0.3, 0.4) is 0 Å². The molecule has 0 aromatic heterocycles. The zero-order chi connectivity index (χ0) is 11.0. The zero-order valence-corrected chi connectivity index (χ0v) is 9.92. The van der Waals surface area contributed by atoms with Gasteiger partial charge in [-0.05, 0) is 17.9 Å². The average molecular weight is 210 g/mol. The summed E-state index contributed by atoms with van der Waals surface area (Å²) in [6, 6.07) is 10.6. The molecule has 78 valence electrons. The Balaban J connectivity index is 0.000000364. The van der Waals surface area contributed by atoms with Gasteiger partial charge in [0.25, 0.3) is 0 Å². The van der Waals surface area contributed by atoms with Crippen molar-refractivity contribution in [1.82, 2.24) is 0 Å². The second kappa shape index (κ2) is 7.63. The van der Waals surface area contributed by atoms with Crippen molar-refractivity contribution in [2.24, 2.45) is 5.92 Å². The fourth-order valence-electron chi connectivity index (χ4n) is 1.09. The summed E-state index contributed by atoms with van der Waals surface area (Å²) < 4.78 is 0. The minimum atomic E-state index is -0.139. The van der Waals surface area contributed by atoms with Gasteiger partial charge in [-0.2, -0.15) is 0 Å². The van der Waals surface area contributed by atoms with Crippen molar-refractivity contribution >= 4 is 17.7 Å². The number of thiol groups is 1. The molecule has 0 heterocycles. The molecule has 0 unspecified atom stereocenters. The van der Waals surface area contributed by atoms with Gasteiger partial charge in [0.2, 0.25) is 0 Å². The zero-order valence-electron chi connectivity index (χ0n) is 9.03. The molecular formula is C12H18OS.